The average Bonchev–Trinajstić information content (AvgIpc) is 3.47. The molecule has 4 rings (SSSR count). The van der Waals surface area contributed by atoms with E-state index in [0.717, 1.165) is 55.2 Å². The summed E-state index contributed by atoms with van der Waals surface area (Å²) < 4.78 is 4.94. The van der Waals surface area contributed by atoms with Gasteiger partial charge in [0.1, 0.15) is 0 Å². The molecule has 0 radical (unpaired) electrons. The summed E-state index contributed by atoms with van der Waals surface area (Å²) in [6.07, 6.45) is 5.91. The number of amides is 1. The van der Waals surface area contributed by atoms with Gasteiger partial charge in [-0.1, -0.05) is 0 Å². The van der Waals surface area contributed by atoms with Crippen molar-refractivity contribution in [1.82, 2.24) is 34.4 Å². The third-order valence-corrected chi connectivity index (χ3v) is 5.81. The largest absolute Gasteiger partial charge is 0.350 e. The van der Waals surface area contributed by atoms with Crippen LogP contribution in [0.3, 0.4) is 0 Å². The van der Waals surface area contributed by atoms with Gasteiger partial charge in [-0.05, 0) is 58.0 Å². The van der Waals surface area contributed by atoms with Crippen molar-refractivity contribution < 1.29 is 4.79 Å². The monoisotopic (exact) mass is 429 g/mol. The lowest BCUT2D eigenvalue weighted by atomic mass is 10.1. The second kappa shape index (κ2) is 8.56. The summed E-state index contributed by atoms with van der Waals surface area (Å²) in [6, 6.07) is 4.44. The molecule has 0 aromatic carbocycles. The van der Waals surface area contributed by atoms with E-state index in [2.05, 4.69) is 24.7 Å². The second-order valence-electron chi connectivity index (χ2n) is 9.28. The van der Waals surface area contributed by atoms with Crippen molar-refractivity contribution in [3.8, 4) is 11.4 Å². The number of piperazine rings is 1. The maximum atomic E-state index is 12.2. The van der Waals surface area contributed by atoms with Crippen LogP contribution in [0.25, 0.3) is 11.4 Å². The highest BCUT2D eigenvalue weighted by molar-refractivity contribution is 7.71. The molecule has 3 heterocycles. The summed E-state index contributed by atoms with van der Waals surface area (Å²) in [5.41, 5.74) is 0.860. The van der Waals surface area contributed by atoms with E-state index in [-0.39, 0.29) is 11.4 Å². The molecule has 0 atom stereocenters. The minimum Gasteiger partial charge on any atom is -0.350 e. The Balaban J connectivity index is 1.39. The minimum atomic E-state index is -0.192. The molecule has 1 amide bonds. The van der Waals surface area contributed by atoms with Gasteiger partial charge in [-0.3, -0.25) is 24.1 Å². The van der Waals surface area contributed by atoms with Crippen LogP contribution in [0.15, 0.2) is 24.5 Å². The molecular formula is C21H31N7OS. The molecule has 0 spiro atoms. The Morgan fingerprint density at radius 1 is 1.13 bits per heavy atom. The van der Waals surface area contributed by atoms with Crippen LogP contribution in [0.2, 0.25) is 0 Å². The van der Waals surface area contributed by atoms with Crippen LogP contribution in [0.5, 0.6) is 0 Å². The quantitative estimate of drug-likeness (QED) is 0.711. The van der Waals surface area contributed by atoms with Crippen LogP contribution in [0.4, 0.5) is 0 Å². The van der Waals surface area contributed by atoms with Gasteiger partial charge in [0.05, 0.1) is 13.2 Å². The Morgan fingerprint density at radius 2 is 1.77 bits per heavy atom. The van der Waals surface area contributed by atoms with Crippen LogP contribution in [0.1, 0.15) is 39.7 Å². The predicted molar refractivity (Wildman–Crippen MR) is 118 cm³/mol. The summed E-state index contributed by atoms with van der Waals surface area (Å²) in [5.74, 6) is 1.02. The van der Waals surface area contributed by atoms with E-state index < -0.39 is 0 Å². The van der Waals surface area contributed by atoms with E-state index in [1.807, 2.05) is 37.6 Å². The van der Waals surface area contributed by atoms with E-state index >= 15 is 0 Å². The first-order valence-electron chi connectivity index (χ1n) is 10.7. The first-order valence-corrected chi connectivity index (χ1v) is 11.1. The maximum Gasteiger partial charge on any atom is 0.234 e. The van der Waals surface area contributed by atoms with E-state index in [9.17, 15) is 4.79 Å². The lowest BCUT2D eigenvalue weighted by Crippen LogP contribution is -2.51. The number of pyridine rings is 1. The van der Waals surface area contributed by atoms with Crippen LogP contribution in [0, 0.1) is 4.77 Å². The van der Waals surface area contributed by atoms with Crippen molar-refractivity contribution in [2.45, 2.75) is 51.9 Å². The molecule has 30 heavy (non-hydrogen) atoms. The molecule has 2 fully saturated rings. The molecule has 162 valence electrons. The van der Waals surface area contributed by atoms with Crippen molar-refractivity contribution in [3.63, 3.8) is 0 Å². The maximum absolute atomic E-state index is 12.2. The first kappa shape index (κ1) is 21.1. The van der Waals surface area contributed by atoms with Crippen LogP contribution in [-0.4, -0.2) is 73.3 Å². The molecule has 2 aromatic rings. The van der Waals surface area contributed by atoms with Gasteiger partial charge < -0.3 is 5.32 Å². The minimum absolute atomic E-state index is 0.0864. The smallest absolute Gasteiger partial charge is 0.234 e. The Kier molecular flexibility index (Phi) is 6.04. The number of rotatable bonds is 6. The van der Waals surface area contributed by atoms with Crippen LogP contribution < -0.4 is 5.32 Å². The highest BCUT2D eigenvalue weighted by Gasteiger charge is 2.29. The standard InChI is InChI=1S/C21H31N7OS/c1-21(2,3)23-18(29)14-25-10-12-26(13-11-25)15-27-20(30)28(17-4-5-17)19(24-27)16-6-8-22-9-7-16/h6-9,17H,4-5,10-15H2,1-3H3,(H,23,29). The number of aromatic nitrogens is 4. The number of hydrogen-bond donors (Lipinski definition) is 1. The van der Waals surface area contributed by atoms with Gasteiger partial charge >= 0.3 is 0 Å². The lowest BCUT2D eigenvalue weighted by molar-refractivity contribution is -0.124. The SMILES string of the molecule is CC(C)(C)NC(=O)CN1CCN(Cn2nc(-c3ccncc3)n(C3CC3)c2=S)CC1. The molecule has 1 N–H and O–H groups in total. The van der Waals surface area contributed by atoms with Gasteiger partial charge in [0.15, 0.2) is 10.6 Å². The zero-order valence-electron chi connectivity index (χ0n) is 18.0. The highest BCUT2D eigenvalue weighted by atomic mass is 32.1. The first-order chi connectivity index (χ1) is 14.3. The van der Waals surface area contributed by atoms with E-state index in [1.165, 1.54) is 0 Å². The molecule has 8 nitrogen and oxygen atoms in total. The van der Waals surface area contributed by atoms with Crippen molar-refractivity contribution in [1.29, 1.82) is 0 Å². The second-order valence-corrected chi connectivity index (χ2v) is 9.64. The Bertz CT molecular complexity index is 934. The van der Waals surface area contributed by atoms with Crippen molar-refractivity contribution >= 4 is 18.1 Å². The summed E-state index contributed by atoms with van der Waals surface area (Å²) >= 11 is 5.79. The predicted octanol–water partition coefficient (Wildman–Crippen LogP) is 2.30. The third-order valence-electron chi connectivity index (χ3n) is 5.40. The van der Waals surface area contributed by atoms with E-state index in [4.69, 9.17) is 17.3 Å². The lowest BCUT2D eigenvalue weighted by Gasteiger charge is -2.34. The van der Waals surface area contributed by atoms with Gasteiger partial charge in [0.2, 0.25) is 5.91 Å². The number of nitrogens with one attached hydrogen (secondary N) is 1. The summed E-state index contributed by atoms with van der Waals surface area (Å²) in [5, 5.41) is 7.91. The normalized spacial score (nSPS) is 18.5. The van der Waals surface area contributed by atoms with E-state index in [1.54, 1.807) is 12.4 Å². The Hall–Kier alpha value is -2.10. The molecule has 0 unspecified atom stereocenters. The summed E-state index contributed by atoms with van der Waals surface area (Å²) in [7, 11) is 0. The van der Waals surface area contributed by atoms with Crippen LogP contribution >= 0.6 is 12.2 Å². The Labute approximate surface area is 182 Å². The molecule has 9 heteroatoms. The van der Waals surface area contributed by atoms with Crippen molar-refractivity contribution in [3.05, 3.63) is 29.3 Å². The number of carbonyl (C=O) groups excluding carboxylic acids is 1. The summed E-state index contributed by atoms with van der Waals surface area (Å²) in [6.45, 7) is 10.7. The zero-order chi connectivity index (χ0) is 21.3. The molecule has 0 bridgehead atoms. The fraction of sp³-hybridized carbons (Fsp3) is 0.619. The molecule has 2 aromatic heterocycles. The average molecular weight is 430 g/mol. The number of carbonyl (C=O) groups is 1. The summed E-state index contributed by atoms with van der Waals surface area (Å²) in [4.78, 5) is 20.9. The van der Waals surface area contributed by atoms with Gasteiger partial charge in [-0.25, -0.2) is 4.68 Å². The molecule has 1 saturated heterocycles. The zero-order valence-corrected chi connectivity index (χ0v) is 18.9. The van der Waals surface area contributed by atoms with Crippen LogP contribution in [-0.2, 0) is 11.5 Å². The number of nitrogens with zero attached hydrogens (tertiary/aromatic N) is 6. The van der Waals surface area contributed by atoms with Gasteiger partial charge in [-0.15, -0.1) is 0 Å². The molecular weight excluding hydrogens is 398 g/mol. The number of hydrogen-bond acceptors (Lipinski definition) is 6. The fourth-order valence-electron chi connectivity index (χ4n) is 3.81. The van der Waals surface area contributed by atoms with Gasteiger partial charge in [0.25, 0.3) is 0 Å². The van der Waals surface area contributed by atoms with Gasteiger partial charge in [-0.2, -0.15) is 5.10 Å². The van der Waals surface area contributed by atoms with Gasteiger partial charge in [0, 0.05) is 55.7 Å². The molecule has 1 aliphatic heterocycles. The topological polar surface area (TPSA) is 71.2 Å². The third kappa shape index (κ3) is 5.14. The van der Waals surface area contributed by atoms with Crippen molar-refractivity contribution in [2.24, 2.45) is 0 Å². The van der Waals surface area contributed by atoms with Crippen molar-refractivity contribution in [2.75, 3.05) is 32.7 Å². The highest BCUT2D eigenvalue weighted by Crippen LogP contribution is 2.38. The molecule has 1 saturated carbocycles. The van der Waals surface area contributed by atoms with E-state index in [0.29, 0.717) is 19.3 Å². The Morgan fingerprint density at radius 3 is 2.37 bits per heavy atom. The molecule has 2 aliphatic rings. The fourth-order valence-corrected chi connectivity index (χ4v) is 4.15. The molecule has 1 aliphatic carbocycles.